The first-order chi connectivity index (χ1) is 15.8. The molecule has 0 saturated carbocycles. The predicted molar refractivity (Wildman–Crippen MR) is 132 cm³/mol. The number of aliphatic imine (C=N–C) groups is 1. The number of guanidine groups is 1. The van der Waals surface area contributed by atoms with E-state index in [1.54, 1.807) is 0 Å². The average Bonchev–Trinajstić information content (AvgIpc) is 2.86. The van der Waals surface area contributed by atoms with Crippen LogP contribution in [0, 0.1) is 0 Å². The summed E-state index contributed by atoms with van der Waals surface area (Å²) in [5, 5.41) is 6.85. The topological polar surface area (TPSA) is 58.1 Å². The second-order valence-electron chi connectivity index (χ2n) is 8.06. The van der Waals surface area contributed by atoms with E-state index in [1.165, 1.54) is 16.8 Å². The van der Waals surface area contributed by atoms with Crippen LogP contribution in [0.15, 0.2) is 59.6 Å². The highest BCUT2D eigenvalue weighted by atomic mass is 16.5. The molecule has 2 aromatic rings. The number of rotatable bonds is 11. The molecule has 1 aliphatic rings. The van der Waals surface area contributed by atoms with Gasteiger partial charge in [0.25, 0.3) is 0 Å². The molecule has 1 fully saturated rings. The van der Waals surface area contributed by atoms with Crippen molar-refractivity contribution in [2.75, 3.05) is 44.8 Å². The van der Waals surface area contributed by atoms with Gasteiger partial charge >= 0.3 is 0 Å². The zero-order valence-electron chi connectivity index (χ0n) is 19.6. The Kier molecular flexibility index (Phi) is 10.4. The Hall–Kier alpha value is -2.57. The lowest BCUT2D eigenvalue weighted by Gasteiger charge is -2.23. The van der Waals surface area contributed by atoms with Crippen LogP contribution >= 0.6 is 0 Å². The largest absolute Gasteiger partial charge is 0.381 e. The lowest BCUT2D eigenvalue weighted by atomic mass is 10.1. The van der Waals surface area contributed by atoms with Gasteiger partial charge in [0.2, 0.25) is 0 Å². The van der Waals surface area contributed by atoms with E-state index >= 15 is 0 Å². The molecule has 174 valence electrons. The summed E-state index contributed by atoms with van der Waals surface area (Å²) in [6, 6.07) is 19.1. The van der Waals surface area contributed by atoms with Crippen molar-refractivity contribution in [3.05, 3.63) is 65.7 Å². The molecule has 6 heteroatoms. The summed E-state index contributed by atoms with van der Waals surface area (Å²) in [7, 11) is 1.82. The molecule has 0 bridgehead atoms. The first kappa shape index (κ1) is 24.1. The molecule has 32 heavy (non-hydrogen) atoms. The summed E-state index contributed by atoms with van der Waals surface area (Å²) in [6.07, 6.45) is 3.34. The number of nitrogens with zero attached hydrogens (tertiary/aromatic N) is 2. The van der Waals surface area contributed by atoms with E-state index in [9.17, 15) is 0 Å². The highest BCUT2D eigenvalue weighted by Crippen LogP contribution is 2.15. The number of hydrogen-bond acceptors (Lipinski definition) is 4. The van der Waals surface area contributed by atoms with Crippen molar-refractivity contribution in [1.29, 1.82) is 0 Å². The third-order valence-electron chi connectivity index (χ3n) is 5.73. The van der Waals surface area contributed by atoms with Crippen LogP contribution in [0.1, 0.15) is 37.3 Å². The van der Waals surface area contributed by atoms with E-state index in [4.69, 9.17) is 9.47 Å². The second kappa shape index (κ2) is 13.8. The minimum absolute atomic E-state index is 0.319. The van der Waals surface area contributed by atoms with Crippen molar-refractivity contribution < 1.29 is 9.47 Å². The molecule has 0 atom stereocenters. The third-order valence-corrected chi connectivity index (χ3v) is 5.73. The minimum atomic E-state index is 0.319. The van der Waals surface area contributed by atoms with Crippen LogP contribution < -0.4 is 15.5 Å². The molecule has 0 unspecified atom stereocenters. The Bertz CT molecular complexity index is 806. The lowest BCUT2D eigenvalue weighted by molar-refractivity contribution is -0.0390. The van der Waals surface area contributed by atoms with Crippen LogP contribution in [0.25, 0.3) is 0 Å². The van der Waals surface area contributed by atoms with E-state index in [1.807, 2.05) is 7.05 Å². The number of anilines is 1. The van der Waals surface area contributed by atoms with Gasteiger partial charge in [-0.25, -0.2) is 0 Å². The fourth-order valence-electron chi connectivity index (χ4n) is 3.88. The third kappa shape index (κ3) is 8.17. The fourth-order valence-corrected chi connectivity index (χ4v) is 3.88. The molecule has 2 N–H and O–H groups in total. The lowest BCUT2D eigenvalue weighted by Crippen LogP contribution is -2.38. The predicted octanol–water partition coefficient (Wildman–Crippen LogP) is 3.96. The zero-order chi connectivity index (χ0) is 22.4. The average molecular weight is 439 g/mol. The molecule has 0 spiro atoms. The Balaban J connectivity index is 1.37. The van der Waals surface area contributed by atoms with E-state index in [0.29, 0.717) is 12.7 Å². The molecule has 0 radical (unpaired) electrons. The number of para-hydroxylation sites is 1. The summed E-state index contributed by atoms with van der Waals surface area (Å²) in [6.45, 7) is 8.10. The first-order valence-electron chi connectivity index (χ1n) is 11.8. The van der Waals surface area contributed by atoms with Gasteiger partial charge in [0.1, 0.15) is 0 Å². The van der Waals surface area contributed by atoms with Gasteiger partial charge in [-0.15, -0.1) is 0 Å². The molecule has 0 aromatic heterocycles. The monoisotopic (exact) mass is 438 g/mol. The molecular formula is C26H38N4O2. The van der Waals surface area contributed by atoms with Gasteiger partial charge in [-0.3, -0.25) is 4.99 Å². The second-order valence-corrected chi connectivity index (χ2v) is 8.06. The van der Waals surface area contributed by atoms with E-state index in [0.717, 1.165) is 64.6 Å². The maximum Gasteiger partial charge on any atom is 0.191 e. The fraction of sp³-hybridized carbons (Fsp3) is 0.500. The van der Waals surface area contributed by atoms with Gasteiger partial charge in [0.05, 0.1) is 12.7 Å². The maximum atomic E-state index is 6.06. The van der Waals surface area contributed by atoms with Crippen molar-refractivity contribution in [3.8, 4) is 0 Å². The molecular weight excluding hydrogens is 400 g/mol. The quantitative estimate of drug-likeness (QED) is 0.316. The highest BCUT2D eigenvalue weighted by Gasteiger charge is 2.14. The Morgan fingerprint density at radius 2 is 1.84 bits per heavy atom. The van der Waals surface area contributed by atoms with E-state index in [-0.39, 0.29) is 0 Å². The molecule has 3 rings (SSSR count). The SMILES string of the molecule is CCN(CCCNC(=NC)NCc1cccc(COC2CCOCC2)c1)c1ccccc1. The summed E-state index contributed by atoms with van der Waals surface area (Å²) in [5.74, 6) is 0.830. The molecule has 1 saturated heterocycles. The minimum Gasteiger partial charge on any atom is -0.381 e. The summed E-state index contributed by atoms with van der Waals surface area (Å²) < 4.78 is 11.5. The molecule has 1 heterocycles. The maximum absolute atomic E-state index is 6.06. The first-order valence-corrected chi connectivity index (χ1v) is 11.8. The molecule has 0 aliphatic carbocycles. The molecule has 1 aliphatic heterocycles. The molecule has 0 amide bonds. The van der Waals surface area contributed by atoms with Crippen molar-refractivity contribution in [3.63, 3.8) is 0 Å². The smallest absolute Gasteiger partial charge is 0.191 e. The summed E-state index contributed by atoms with van der Waals surface area (Å²) >= 11 is 0. The van der Waals surface area contributed by atoms with Gasteiger partial charge in [-0.1, -0.05) is 42.5 Å². The van der Waals surface area contributed by atoms with E-state index in [2.05, 4.69) is 82.0 Å². The number of ether oxygens (including phenoxy) is 2. The van der Waals surface area contributed by atoms with Gasteiger partial charge in [0.15, 0.2) is 5.96 Å². The highest BCUT2D eigenvalue weighted by molar-refractivity contribution is 5.79. The van der Waals surface area contributed by atoms with Crippen molar-refractivity contribution in [1.82, 2.24) is 10.6 Å². The van der Waals surface area contributed by atoms with Crippen LogP contribution in [-0.2, 0) is 22.6 Å². The zero-order valence-corrected chi connectivity index (χ0v) is 19.6. The Morgan fingerprint density at radius 3 is 2.59 bits per heavy atom. The number of hydrogen-bond donors (Lipinski definition) is 2. The molecule has 2 aromatic carbocycles. The summed E-state index contributed by atoms with van der Waals surface area (Å²) in [4.78, 5) is 6.76. The number of benzene rings is 2. The van der Waals surface area contributed by atoms with Gasteiger partial charge in [-0.2, -0.15) is 0 Å². The van der Waals surface area contributed by atoms with Gasteiger partial charge in [0, 0.05) is 52.1 Å². The molecule has 6 nitrogen and oxygen atoms in total. The standard InChI is InChI=1S/C26H38N4O2/c1-3-30(24-11-5-4-6-12-24)16-8-15-28-26(27-2)29-20-22-9-7-10-23(19-22)21-32-25-13-17-31-18-14-25/h4-7,9-12,19,25H,3,8,13-18,20-21H2,1-2H3,(H2,27,28,29). The summed E-state index contributed by atoms with van der Waals surface area (Å²) in [5.41, 5.74) is 3.71. The van der Waals surface area contributed by atoms with Crippen LogP contribution in [0.4, 0.5) is 5.69 Å². The Morgan fingerprint density at radius 1 is 1.06 bits per heavy atom. The van der Waals surface area contributed by atoms with E-state index < -0.39 is 0 Å². The van der Waals surface area contributed by atoms with Crippen LogP contribution in [0.5, 0.6) is 0 Å². The Labute approximate surface area is 193 Å². The van der Waals surface area contributed by atoms with Crippen LogP contribution in [-0.4, -0.2) is 52.0 Å². The van der Waals surface area contributed by atoms with Crippen LogP contribution in [0.3, 0.4) is 0 Å². The van der Waals surface area contributed by atoms with Gasteiger partial charge in [-0.05, 0) is 49.4 Å². The van der Waals surface area contributed by atoms with Crippen molar-refractivity contribution >= 4 is 11.6 Å². The van der Waals surface area contributed by atoms with Crippen molar-refractivity contribution in [2.45, 2.75) is 45.4 Å². The van der Waals surface area contributed by atoms with Crippen molar-refractivity contribution in [2.24, 2.45) is 4.99 Å². The van der Waals surface area contributed by atoms with Crippen LogP contribution in [0.2, 0.25) is 0 Å². The van der Waals surface area contributed by atoms with Gasteiger partial charge < -0.3 is 25.0 Å². The normalized spacial score (nSPS) is 14.9. The number of nitrogens with one attached hydrogen (secondary N) is 2.